The van der Waals surface area contributed by atoms with Gasteiger partial charge in [0.1, 0.15) is 0 Å². The fourth-order valence-corrected chi connectivity index (χ4v) is 2.73. The number of halogens is 2. The first kappa shape index (κ1) is 15.9. The summed E-state index contributed by atoms with van der Waals surface area (Å²) < 4.78 is 0.698. The zero-order valence-corrected chi connectivity index (χ0v) is 13.7. The van der Waals surface area contributed by atoms with Crippen LogP contribution < -0.4 is 5.32 Å². The normalized spacial score (nSPS) is 12.1. The van der Waals surface area contributed by atoms with E-state index in [4.69, 9.17) is 11.6 Å². The lowest BCUT2D eigenvalue weighted by Gasteiger charge is -2.14. The molecule has 4 nitrogen and oxygen atoms in total. The van der Waals surface area contributed by atoms with Crippen LogP contribution in [0.4, 0.5) is 5.69 Å². The number of nitro groups is 1. The van der Waals surface area contributed by atoms with Crippen LogP contribution in [0.25, 0.3) is 0 Å². The van der Waals surface area contributed by atoms with E-state index in [2.05, 4.69) is 21.2 Å². The largest absolute Gasteiger partial charge is 0.306 e. The van der Waals surface area contributed by atoms with Crippen molar-refractivity contribution in [2.24, 2.45) is 0 Å². The van der Waals surface area contributed by atoms with Gasteiger partial charge in [-0.05, 0) is 36.2 Å². The minimum atomic E-state index is -0.394. The average Bonchev–Trinajstić information content (AvgIpc) is 2.44. The molecule has 0 spiro atoms. The molecule has 21 heavy (non-hydrogen) atoms. The predicted octanol–water partition coefficient (Wildman–Crippen LogP) is 4.86. The second-order valence-corrected chi connectivity index (χ2v) is 6.08. The van der Waals surface area contributed by atoms with Crippen molar-refractivity contribution in [2.45, 2.75) is 19.5 Å². The van der Waals surface area contributed by atoms with Gasteiger partial charge in [0.2, 0.25) is 0 Å². The van der Waals surface area contributed by atoms with E-state index < -0.39 is 4.92 Å². The lowest BCUT2D eigenvalue weighted by molar-refractivity contribution is -0.385. The molecule has 0 bridgehead atoms. The van der Waals surface area contributed by atoms with Gasteiger partial charge in [-0.2, -0.15) is 0 Å². The maximum atomic E-state index is 10.9. The summed E-state index contributed by atoms with van der Waals surface area (Å²) >= 11 is 9.27. The van der Waals surface area contributed by atoms with Gasteiger partial charge in [-0.15, -0.1) is 0 Å². The monoisotopic (exact) mass is 368 g/mol. The Labute approximate surface area is 136 Å². The summed E-state index contributed by atoms with van der Waals surface area (Å²) in [4.78, 5) is 10.5. The Morgan fingerprint density at radius 1 is 1.33 bits per heavy atom. The molecule has 0 saturated heterocycles. The maximum absolute atomic E-state index is 10.9. The van der Waals surface area contributed by atoms with Crippen LogP contribution in [0.3, 0.4) is 0 Å². The number of rotatable bonds is 5. The summed E-state index contributed by atoms with van der Waals surface area (Å²) in [5, 5.41) is 14.9. The first-order valence-electron chi connectivity index (χ1n) is 6.38. The van der Waals surface area contributed by atoms with Gasteiger partial charge in [-0.1, -0.05) is 39.7 Å². The molecule has 2 rings (SSSR count). The minimum Gasteiger partial charge on any atom is -0.306 e. The van der Waals surface area contributed by atoms with Crippen molar-refractivity contribution in [3.05, 3.63) is 73.2 Å². The van der Waals surface area contributed by atoms with Gasteiger partial charge in [0.25, 0.3) is 5.69 Å². The highest BCUT2D eigenvalue weighted by Gasteiger charge is 2.10. The molecule has 2 aromatic carbocycles. The van der Waals surface area contributed by atoms with Gasteiger partial charge in [0.05, 0.1) is 4.92 Å². The molecule has 0 fully saturated rings. The summed E-state index contributed by atoms with van der Waals surface area (Å²) in [6.45, 7) is 2.56. The first-order valence-corrected chi connectivity index (χ1v) is 7.55. The number of hydrogen-bond donors (Lipinski definition) is 1. The first-order chi connectivity index (χ1) is 9.95. The summed E-state index contributed by atoms with van der Waals surface area (Å²) in [5.41, 5.74) is 2.01. The van der Waals surface area contributed by atoms with Crippen molar-refractivity contribution >= 4 is 33.2 Å². The van der Waals surface area contributed by atoms with E-state index in [0.717, 1.165) is 11.1 Å². The van der Waals surface area contributed by atoms with Crippen molar-refractivity contribution in [3.63, 3.8) is 0 Å². The lowest BCUT2D eigenvalue weighted by atomic mass is 10.1. The Morgan fingerprint density at radius 3 is 2.76 bits per heavy atom. The molecule has 0 unspecified atom stereocenters. The van der Waals surface area contributed by atoms with Crippen LogP contribution in [0.15, 0.2) is 46.9 Å². The van der Waals surface area contributed by atoms with E-state index in [1.54, 1.807) is 6.07 Å². The molecule has 0 aliphatic heterocycles. The highest BCUT2D eigenvalue weighted by Crippen LogP contribution is 2.22. The van der Waals surface area contributed by atoms with Gasteiger partial charge in [-0.3, -0.25) is 10.1 Å². The van der Waals surface area contributed by atoms with Crippen LogP contribution in [0.5, 0.6) is 0 Å². The third-order valence-corrected chi connectivity index (χ3v) is 3.81. The summed E-state index contributed by atoms with van der Waals surface area (Å²) in [7, 11) is 0. The molecule has 0 amide bonds. The third-order valence-electron chi connectivity index (χ3n) is 3.11. The highest BCUT2D eigenvalue weighted by atomic mass is 79.9. The summed E-state index contributed by atoms with van der Waals surface area (Å²) in [6, 6.07) is 12.7. The smallest absolute Gasteiger partial charge is 0.270 e. The summed E-state index contributed by atoms with van der Waals surface area (Å²) in [6.07, 6.45) is 0. The SMILES string of the molecule is C[C@@H](NCc1cc(Br)cc([N+](=O)[O-])c1)c1cccc(Cl)c1. The molecule has 6 heteroatoms. The van der Waals surface area contributed by atoms with Gasteiger partial charge in [-0.25, -0.2) is 0 Å². The molecular formula is C15H14BrClN2O2. The molecular weight excluding hydrogens is 356 g/mol. The number of nitro benzene ring substituents is 1. The zero-order chi connectivity index (χ0) is 15.4. The van der Waals surface area contributed by atoms with Gasteiger partial charge in [0, 0.05) is 34.2 Å². The molecule has 2 aromatic rings. The number of nitrogens with zero attached hydrogens (tertiary/aromatic N) is 1. The molecule has 0 radical (unpaired) electrons. The number of non-ortho nitro benzene ring substituents is 1. The highest BCUT2D eigenvalue weighted by molar-refractivity contribution is 9.10. The lowest BCUT2D eigenvalue weighted by Crippen LogP contribution is -2.18. The molecule has 0 aromatic heterocycles. The van der Waals surface area contributed by atoms with Crippen LogP contribution in [0.1, 0.15) is 24.1 Å². The Kier molecular flexibility index (Phi) is 5.33. The van der Waals surface area contributed by atoms with E-state index >= 15 is 0 Å². The van der Waals surface area contributed by atoms with E-state index in [-0.39, 0.29) is 11.7 Å². The van der Waals surface area contributed by atoms with Crippen LogP contribution in [0.2, 0.25) is 5.02 Å². The van der Waals surface area contributed by atoms with Crippen molar-refractivity contribution < 1.29 is 4.92 Å². The molecule has 0 aliphatic rings. The fourth-order valence-electron chi connectivity index (χ4n) is 2.01. The minimum absolute atomic E-state index is 0.0802. The van der Waals surface area contributed by atoms with Crippen molar-refractivity contribution in [3.8, 4) is 0 Å². The molecule has 1 atom stereocenters. The third kappa shape index (κ3) is 4.52. The fraction of sp³-hybridized carbons (Fsp3) is 0.200. The Hall–Kier alpha value is -1.43. The van der Waals surface area contributed by atoms with Crippen LogP contribution in [0, 0.1) is 10.1 Å². The van der Waals surface area contributed by atoms with Gasteiger partial charge >= 0.3 is 0 Å². The standard InChI is InChI=1S/C15H14BrClN2O2/c1-10(12-3-2-4-14(17)7-12)18-9-11-5-13(16)8-15(6-11)19(20)21/h2-8,10,18H,9H2,1H3/t10-/m1/s1. The number of benzene rings is 2. The number of nitrogens with one attached hydrogen (secondary N) is 1. The average molecular weight is 370 g/mol. The van der Waals surface area contributed by atoms with Crippen molar-refractivity contribution in [2.75, 3.05) is 0 Å². The van der Waals surface area contributed by atoms with Crippen molar-refractivity contribution in [1.82, 2.24) is 5.32 Å². The maximum Gasteiger partial charge on any atom is 0.270 e. The van der Waals surface area contributed by atoms with Gasteiger partial charge < -0.3 is 5.32 Å². The molecule has 0 saturated carbocycles. The Balaban J connectivity index is 2.07. The van der Waals surface area contributed by atoms with Crippen LogP contribution in [-0.2, 0) is 6.54 Å². The molecule has 0 heterocycles. The van der Waals surface area contributed by atoms with Crippen molar-refractivity contribution in [1.29, 1.82) is 0 Å². The predicted molar refractivity (Wildman–Crippen MR) is 87.5 cm³/mol. The second-order valence-electron chi connectivity index (χ2n) is 4.73. The Morgan fingerprint density at radius 2 is 2.10 bits per heavy atom. The topological polar surface area (TPSA) is 55.2 Å². The van der Waals surface area contributed by atoms with E-state index in [9.17, 15) is 10.1 Å². The summed E-state index contributed by atoms with van der Waals surface area (Å²) in [5.74, 6) is 0. The van der Waals surface area contributed by atoms with Gasteiger partial charge in [0.15, 0.2) is 0 Å². The second kappa shape index (κ2) is 7.02. The van der Waals surface area contributed by atoms with E-state index in [1.165, 1.54) is 6.07 Å². The molecule has 0 aliphatic carbocycles. The molecule has 1 N–H and O–H groups in total. The van der Waals surface area contributed by atoms with E-state index in [0.29, 0.717) is 16.0 Å². The zero-order valence-electron chi connectivity index (χ0n) is 11.3. The Bertz CT molecular complexity index is 664. The molecule has 110 valence electrons. The van der Waals surface area contributed by atoms with Crippen LogP contribution in [-0.4, -0.2) is 4.92 Å². The van der Waals surface area contributed by atoms with Crippen LogP contribution >= 0.6 is 27.5 Å². The van der Waals surface area contributed by atoms with E-state index in [1.807, 2.05) is 37.3 Å². The number of hydrogen-bond acceptors (Lipinski definition) is 3. The quantitative estimate of drug-likeness (QED) is 0.605.